The molecule has 2 atom stereocenters. The molecular weight excluding hydrogens is 252 g/mol. The molecule has 1 saturated heterocycles. The number of ether oxygens (including phenoxy) is 2. The zero-order valence-corrected chi connectivity index (χ0v) is 12.8. The Morgan fingerprint density at radius 2 is 2.15 bits per heavy atom. The Morgan fingerprint density at radius 3 is 2.75 bits per heavy atom. The summed E-state index contributed by atoms with van der Waals surface area (Å²) in [5.41, 5.74) is 7.20. The molecule has 0 aromatic heterocycles. The molecule has 0 aliphatic carbocycles. The quantitative estimate of drug-likeness (QED) is 0.898. The van der Waals surface area contributed by atoms with Crippen LogP contribution < -0.4 is 15.2 Å². The summed E-state index contributed by atoms with van der Waals surface area (Å²) in [6.07, 6.45) is 2.56. The molecule has 2 N–H and O–H groups in total. The Morgan fingerprint density at radius 1 is 1.35 bits per heavy atom. The topological polar surface area (TPSA) is 47.7 Å². The molecule has 1 aromatic carbocycles. The SMILES string of the molecule is COc1ccc([C@H](CN)N2CCC[C@@H](C)C2)c(OC)c1. The smallest absolute Gasteiger partial charge is 0.127 e. The van der Waals surface area contributed by atoms with Crippen molar-refractivity contribution in [1.82, 2.24) is 4.90 Å². The molecule has 1 aromatic rings. The van der Waals surface area contributed by atoms with E-state index in [0.717, 1.165) is 36.1 Å². The number of benzene rings is 1. The second-order valence-electron chi connectivity index (χ2n) is 5.60. The fourth-order valence-electron chi connectivity index (χ4n) is 3.08. The van der Waals surface area contributed by atoms with Crippen molar-refractivity contribution >= 4 is 0 Å². The van der Waals surface area contributed by atoms with Crippen LogP contribution >= 0.6 is 0 Å². The normalized spacial score (nSPS) is 21.5. The van der Waals surface area contributed by atoms with Gasteiger partial charge in [0, 0.05) is 24.7 Å². The average Bonchev–Trinajstić information content (AvgIpc) is 2.48. The molecule has 0 spiro atoms. The molecule has 112 valence electrons. The van der Waals surface area contributed by atoms with Crippen molar-refractivity contribution in [2.75, 3.05) is 33.9 Å². The van der Waals surface area contributed by atoms with Crippen molar-refractivity contribution in [2.24, 2.45) is 11.7 Å². The van der Waals surface area contributed by atoms with E-state index in [1.165, 1.54) is 12.8 Å². The van der Waals surface area contributed by atoms with Gasteiger partial charge in [-0.25, -0.2) is 0 Å². The van der Waals surface area contributed by atoms with Crippen molar-refractivity contribution in [2.45, 2.75) is 25.8 Å². The van der Waals surface area contributed by atoms with E-state index in [-0.39, 0.29) is 6.04 Å². The van der Waals surface area contributed by atoms with Crippen molar-refractivity contribution in [1.29, 1.82) is 0 Å². The molecule has 4 heteroatoms. The Bertz CT molecular complexity index is 436. The van der Waals surface area contributed by atoms with Crippen molar-refractivity contribution in [3.63, 3.8) is 0 Å². The molecule has 1 heterocycles. The molecule has 2 rings (SSSR count). The van der Waals surface area contributed by atoms with Gasteiger partial charge in [0.15, 0.2) is 0 Å². The molecule has 1 aliphatic rings. The lowest BCUT2D eigenvalue weighted by molar-refractivity contribution is 0.131. The maximum atomic E-state index is 6.05. The number of piperidine rings is 1. The highest BCUT2D eigenvalue weighted by atomic mass is 16.5. The van der Waals surface area contributed by atoms with Gasteiger partial charge in [0.2, 0.25) is 0 Å². The van der Waals surface area contributed by atoms with Gasteiger partial charge < -0.3 is 15.2 Å². The van der Waals surface area contributed by atoms with Gasteiger partial charge in [-0.1, -0.05) is 13.0 Å². The fraction of sp³-hybridized carbons (Fsp3) is 0.625. The summed E-state index contributed by atoms with van der Waals surface area (Å²) >= 11 is 0. The lowest BCUT2D eigenvalue weighted by Crippen LogP contribution is -2.40. The van der Waals surface area contributed by atoms with Gasteiger partial charge in [0.25, 0.3) is 0 Å². The summed E-state index contributed by atoms with van der Waals surface area (Å²) in [5, 5.41) is 0. The summed E-state index contributed by atoms with van der Waals surface area (Å²) in [7, 11) is 3.37. The Balaban J connectivity index is 2.26. The highest BCUT2D eigenvalue weighted by Gasteiger charge is 2.26. The van der Waals surface area contributed by atoms with Crippen LogP contribution in [0.5, 0.6) is 11.5 Å². The minimum absolute atomic E-state index is 0.221. The van der Waals surface area contributed by atoms with E-state index in [1.807, 2.05) is 12.1 Å². The second kappa shape index (κ2) is 6.95. The zero-order chi connectivity index (χ0) is 14.5. The van der Waals surface area contributed by atoms with Crippen LogP contribution in [0.15, 0.2) is 18.2 Å². The Kier molecular flexibility index (Phi) is 5.26. The first-order valence-electron chi connectivity index (χ1n) is 7.35. The predicted molar refractivity (Wildman–Crippen MR) is 81.3 cm³/mol. The van der Waals surface area contributed by atoms with E-state index in [1.54, 1.807) is 14.2 Å². The van der Waals surface area contributed by atoms with Gasteiger partial charge in [-0.3, -0.25) is 4.90 Å². The number of rotatable bonds is 5. The maximum absolute atomic E-state index is 6.05. The molecule has 0 radical (unpaired) electrons. The Labute approximate surface area is 121 Å². The Hall–Kier alpha value is -1.26. The third-order valence-electron chi connectivity index (χ3n) is 4.15. The highest BCUT2D eigenvalue weighted by molar-refractivity contribution is 5.42. The van der Waals surface area contributed by atoms with Gasteiger partial charge >= 0.3 is 0 Å². The second-order valence-corrected chi connectivity index (χ2v) is 5.60. The van der Waals surface area contributed by atoms with E-state index in [4.69, 9.17) is 15.2 Å². The molecule has 20 heavy (non-hydrogen) atoms. The van der Waals surface area contributed by atoms with Crippen LogP contribution in [0.25, 0.3) is 0 Å². The number of nitrogens with zero attached hydrogens (tertiary/aromatic N) is 1. The molecule has 1 aliphatic heterocycles. The van der Waals surface area contributed by atoms with Crippen LogP contribution in [-0.4, -0.2) is 38.8 Å². The van der Waals surface area contributed by atoms with Crippen LogP contribution in [0.2, 0.25) is 0 Å². The molecule has 0 amide bonds. The van der Waals surface area contributed by atoms with Crippen molar-refractivity contribution < 1.29 is 9.47 Å². The number of methoxy groups -OCH3 is 2. The van der Waals surface area contributed by atoms with Crippen molar-refractivity contribution in [3.8, 4) is 11.5 Å². The number of likely N-dealkylation sites (tertiary alicyclic amines) is 1. The number of hydrogen-bond donors (Lipinski definition) is 1. The van der Waals surface area contributed by atoms with Gasteiger partial charge in [-0.15, -0.1) is 0 Å². The minimum atomic E-state index is 0.221. The molecule has 0 unspecified atom stereocenters. The van der Waals surface area contributed by atoms with Crippen molar-refractivity contribution in [3.05, 3.63) is 23.8 Å². The number of hydrogen-bond acceptors (Lipinski definition) is 4. The molecule has 4 nitrogen and oxygen atoms in total. The summed E-state index contributed by atoms with van der Waals surface area (Å²) in [5.74, 6) is 2.41. The first-order valence-corrected chi connectivity index (χ1v) is 7.35. The number of nitrogens with two attached hydrogens (primary N) is 1. The lowest BCUT2D eigenvalue weighted by Gasteiger charge is -2.37. The van der Waals surface area contributed by atoms with Crippen LogP contribution in [0.4, 0.5) is 0 Å². The first-order chi connectivity index (χ1) is 9.69. The van der Waals surface area contributed by atoms with Crippen LogP contribution in [-0.2, 0) is 0 Å². The third kappa shape index (κ3) is 3.25. The van der Waals surface area contributed by atoms with E-state index in [9.17, 15) is 0 Å². The van der Waals surface area contributed by atoms with Gasteiger partial charge in [-0.05, 0) is 31.4 Å². The van der Waals surface area contributed by atoms with E-state index >= 15 is 0 Å². The van der Waals surface area contributed by atoms with Gasteiger partial charge in [0.05, 0.1) is 20.3 Å². The summed E-state index contributed by atoms with van der Waals surface area (Å²) in [4.78, 5) is 2.48. The van der Waals surface area contributed by atoms with E-state index in [0.29, 0.717) is 6.54 Å². The summed E-state index contributed by atoms with van der Waals surface area (Å²) in [6, 6.07) is 6.21. The van der Waals surface area contributed by atoms with E-state index in [2.05, 4.69) is 17.9 Å². The summed E-state index contributed by atoms with van der Waals surface area (Å²) in [6.45, 7) is 5.14. The highest BCUT2D eigenvalue weighted by Crippen LogP contribution is 2.34. The molecule has 0 saturated carbocycles. The standard InChI is InChI=1S/C16H26N2O2/c1-12-5-4-8-18(11-12)15(10-17)14-7-6-13(19-2)9-16(14)20-3/h6-7,9,12,15H,4-5,8,10-11,17H2,1-3H3/t12-,15+/m1/s1. The molecular formula is C16H26N2O2. The molecule has 0 bridgehead atoms. The first kappa shape index (κ1) is 15.1. The summed E-state index contributed by atoms with van der Waals surface area (Å²) < 4.78 is 10.8. The zero-order valence-electron chi connectivity index (χ0n) is 12.8. The molecule has 1 fully saturated rings. The van der Waals surface area contributed by atoms with Gasteiger partial charge in [0.1, 0.15) is 11.5 Å². The van der Waals surface area contributed by atoms with Crippen LogP contribution in [0.3, 0.4) is 0 Å². The van der Waals surface area contributed by atoms with Crippen LogP contribution in [0, 0.1) is 5.92 Å². The third-order valence-corrected chi connectivity index (χ3v) is 4.15. The monoisotopic (exact) mass is 278 g/mol. The maximum Gasteiger partial charge on any atom is 0.127 e. The lowest BCUT2D eigenvalue weighted by atomic mass is 9.95. The predicted octanol–water partition coefficient (Wildman–Crippen LogP) is 2.44. The van der Waals surface area contributed by atoms with E-state index < -0.39 is 0 Å². The minimum Gasteiger partial charge on any atom is -0.497 e. The average molecular weight is 278 g/mol. The van der Waals surface area contributed by atoms with Crippen LogP contribution in [0.1, 0.15) is 31.4 Å². The fourth-order valence-corrected chi connectivity index (χ4v) is 3.08. The largest absolute Gasteiger partial charge is 0.497 e. The van der Waals surface area contributed by atoms with Gasteiger partial charge in [-0.2, -0.15) is 0 Å².